The van der Waals surface area contributed by atoms with E-state index in [2.05, 4.69) is 9.88 Å². The summed E-state index contributed by atoms with van der Waals surface area (Å²) in [5.74, 6) is -1.49. The molecular formula is C19H26F3N3O5. The summed E-state index contributed by atoms with van der Waals surface area (Å²) in [5.41, 5.74) is 1.09. The van der Waals surface area contributed by atoms with Crippen molar-refractivity contribution in [2.75, 3.05) is 34.3 Å². The Balaban J connectivity index is 0.000000396. The van der Waals surface area contributed by atoms with Crippen molar-refractivity contribution in [3.05, 3.63) is 23.9 Å². The van der Waals surface area contributed by atoms with Gasteiger partial charge in [0.15, 0.2) is 0 Å². The van der Waals surface area contributed by atoms with Gasteiger partial charge in [0.25, 0.3) is 5.91 Å². The van der Waals surface area contributed by atoms with E-state index in [9.17, 15) is 18.0 Å². The SMILES string of the molecule is COc1ncccc1CN1CC[C@H]2C[C@H](C(=O)N(C)C)O[C@@H]2C1.O=C(O)C(F)(F)F. The number of rotatable bonds is 4. The Hall–Kier alpha value is -2.40. The Kier molecular flexibility index (Phi) is 8.02. The second kappa shape index (κ2) is 10.1. The summed E-state index contributed by atoms with van der Waals surface area (Å²) in [5, 5.41) is 7.12. The van der Waals surface area contributed by atoms with Gasteiger partial charge in [-0.05, 0) is 31.4 Å². The van der Waals surface area contributed by atoms with Gasteiger partial charge in [0.05, 0.1) is 13.2 Å². The number of piperidine rings is 1. The maximum atomic E-state index is 12.1. The molecule has 0 saturated carbocycles. The van der Waals surface area contributed by atoms with Crippen molar-refractivity contribution in [1.82, 2.24) is 14.8 Å². The lowest BCUT2D eigenvalue weighted by Gasteiger charge is -2.34. The zero-order chi connectivity index (χ0) is 22.5. The second-order valence-corrected chi connectivity index (χ2v) is 7.39. The van der Waals surface area contributed by atoms with Crippen LogP contribution in [-0.2, 0) is 20.9 Å². The summed E-state index contributed by atoms with van der Waals surface area (Å²) < 4.78 is 43.1. The lowest BCUT2D eigenvalue weighted by atomic mass is 9.91. The van der Waals surface area contributed by atoms with Crippen LogP contribution < -0.4 is 4.74 Å². The van der Waals surface area contributed by atoms with Crippen LogP contribution in [0.4, 0.5) is 13.2 Å². The molecule has 2 saturated heterocycles. The first-order chi connectivity index (χ1) is 14.0. The number of amides is 1. The molecule has 30 heavy (non-hydrogen) atoms. The van der Waals surface area contributed by atoms with Gasteiger partial charge in [-0.1, -0.05) is 6.07 Å². The number of carbonyl (C=O) groups excluding carboxylic acids is 1. The van der Waals surface area contributed by atoms with E-state index in [1.54, 1.807) is 32.3 Å². The minimum atomic E-state index is -5.08. The van der Waals surface area contributed by atoms with Crippen molar-refractivity contribution in [2.45, 2.75) is 37.8 Å². The highest BCUT2D eigenvalue weighted by Crippen LogP contribution is 2.34. The molecule has 2 fully saturated rings. The zero-order valence-corrected chi connectivity index (χ0v) is 17.1. The number of nitrogens with zero attached hydrogens (tertiary/aromatic N) is 3. The number of aliphatic carboxylic acids is 1. The second-order valence-electron chi connectivity index (χ2n) is 7.39. The molecule has 3 heterocycles. The first-order valence-electron chi connectivity index (χ1n) is 9.39. The van der Waals surface area contributed by atoms with Crippen molar-refractivity contribution in [2.24, 2.45) is 5.92 Å². The van der Waals surface area contributed by atoms with Crippen LogP contribution in [0.2, 0.25) is 0 Å². The Morgan fingerprint density at radius 1 is 1.40 bits per heavy atom. The number of hydrogen-bond donors (Lipinski definition) is 1. The minimum absolute atomic E-state index is 0.0832. The van der Waals surface area contributed by atoms with Gasteiger partial charge in [-0.15, -0.1) is 0 Å². The number of pyridine rings is 1. The van der Waals surface area contributed by atoms with Crippen LogP contribution in [-0.4, -0.2) is 84.4 Å². The summed E-state index contributed by atoms with van der Waals surface area (Å²) in [7, 11) is 5.22. The van der Waals surface area contributed by atoms with Crippen LogP contribution in [0.3, 0.4) is 0 Å². The number of ether oxygens (including phenoxy) is 2. The molecule has 8 nitrogen and oxygen atoms in total. The maximum Gasteiger partial charge on any atom is 0.490 e. The number of halogens is 3. The lowest BCUT2D eigenvalue weighted by Crippen LogP contribution is -2.42. The van der Waals surface area contributed by atoms with Crippen LogP contribution in [0.1, 0.15) is 18.4 Å². The van der Waals surface area contributed by atoms with Gasteiger partial charge in [-0.2, -0.15) is 13.2 Å². The Bertz CT molecular complexity index is 744. The maximum absolute atomic E-state index is 12.1. The molecule has 0 spiro atoms. The van der Waals surface area contributed by atoms with Crippen LogP contribution in [0.5, 0.6) is 5.88 Å². The van der Waals surface area contributed by atoms with Crippen LogP contribution >= 0.6 is 0 Å². The van der Waals surface area contributed by atoms with E-state index in [1.165, 1.54) is 0 Å². The van der Waals surface area contributed by atoms with Crippen LogP contribution in [0.25, 0.3) is 0 Å². The molecule has 0 aromatic carbocycles. The Morgan fingerprint density at radius 3 is 2.63 bits per heavy atom. The number of alkyl halides is 3. The van der Waals surface area contributed by atoms with Crippen LogP contribution in [0, 0.1) is 5.92 Å². The predicted octanol–water partition coefficient (Wildman–Crippen LogP) is 1.79. The van der Waals surface area contributed by atoms with Gasteiger partial charge in [0, 0.05) is 38.9 Å². The van der Waals surface area contributed by atoms with E-state index in [4.69, 9.17) is 19.4 Å². The molecule has 1 N–H and O–H groups in total. The molecule has 168 valence electrons. The van der Waals surface area contributed by atoms with Crippen molar-refractivity contribution >= 4 is 11.9 Å². The molecule has 0 unspecified atom stereocenters. The molecule has 1 amide bonds. The molecule has 0 bridgehead atoms. The molecule has 3 atom stereocenters. The fourth-order valence-corrected chi connectivity index (χ4v) is 3.55. The van der Waals surface area contributed by atoms with Crippen LogP contribution in [0.15, 0.2) is 18.3 Å². The van der Waals surface area contributed by atoms with Crippen molar-refractivity contribution < 1.29 is 37.3 Å². The highest BCUT2D eigenvalue weighted by atomic mass is 19.4. The van der Waals surface area contributed by atoms with E-state index in [1.807, 2.05) is 12.1 Å². The van der Waals surface area contributed by atoms with E-state index >= 15 is 0 Å². The number of carboxylic acid groups (broad SMARTS) is 1. The molecule has 3 rings (SSSR count). The molecule has 2 aliphatic rings. The predicted molar refractivity (Wildman–Crippen MR) is 99.8 cm³/mol. The third kappa shape index (κ3) is 6.30. The van der Waals surface area contributed by atoms with Crippen molar-refractivity contribution in [1.29, 1.82) is 0 Å². The third-order valence-electron chi connectivity index (χ3n) is 5.03. The smallest absolute Gasteiger partial charge is 0.481 e. The fraction of sp³-hybridized carbons (Fsp3) is 0.632. The third-order valence-corrected chi connectivity index (χ3v) is 5.03. The average Bonchev–Trinajstić information content (AvgIpc) is 3.10. The standard InChI is InChI=1S/C17H25N3O3.C2HF3O2/c1-19(2)17(21)14-9-12-6-8-20(11-15(12)23-14)10-13-5-4-7-18-16(13)22-3;3-2(4,5)1(6)7/h4-5,7,12,14-15H,6,8-11H2,1-3H3;(H,6,7)/t12-,14+,15+;/m0./s1. The quantitative estimate of drug-likeness (QED) is 0.774. The largest absolute Gasteiger partial charge is 0.490 e. The fourth-order valence-electron chi connectivity index (χ4n) is 3.55. The molecule has 0 radical (unpaired) electrons. The van der Waals surface area contributed by atoms with Gasteiger partial charge in [-0.25, -0.2) is 9.78 Å². The first kappa shape index (κ1) is 23.9. The van der Waals surface area contributed by atoms with E-state index in [0.29, 0.717) is 11.8 Å². The first-order valence-corrected chi connectivity index (χ1v) is 9.39. The molecule has 1 aromatic heterocycles. The van der Waals surface area contributed by atoms with Gasteiger partial charge in [-0.3, -0.25) is 9.69 Å². The number of aromatic nitrogens is 1. The topological polar surface area (TPSA) is 92.2 Å². The van der Waals surface area contributed by atoms with Gasteiger partial charge in [0.1, 0.15) is 6.10 Å². The van der Waals surface area contributed by atoms with E-state index in [0.717, 1.165) is 38.0 Å². The number of likely N-dealkylation sites (tertiary alicyclic amines) is 1. The van der Waals surface area contributed by atoms with Gasteiger partial charge in [0.2, 0.25) is 5.88 Å². The average molecular weight is 433 g/mol. The Labute approximate surface area is 172 Å². The summed E-state index contributed by atoms with van der Waals surface area (Å²) >= 11 is 0. The highest BCUT2D eigenvalue weighted by Gasteiger charge is 2.42. The molecule has 1 aromatic rings. The van der Waals surface area contributed by atoms with Gasteiger partial charge >= 0.3 is 12.1 Å². The van der Waals surface area contributed by atoms with E-state index in [-0.39, 0.29) is 18.1 Å². The lowest BCUT2D eigenvalue weighted by molar-refractivity contribution is -0.192. The van der Waals surface area contributed by atoms with E-state index < -0.39 is 12.1 Å². The minimum Gasteiger partial charge on any atom is -0.481 e. The zero-order valence-electron chi connectivity index (χ0n) is 17.1. The number of fused-ring (bicyclic) bond motifs is 1. The monoisotopic (exact) mass is 433 g/mol. The number of hydrogen-bond acceptors (Lipinski definition) is 6. The molecule has 0 aliphatic carbocycles. The molecule has 2 aliphatic heterocycles. The van der Waals surface area contributed by atoms with Crippen molar-refractivity contribution in [3.8, 4) is 5.88 Å². The number of carbonyl (C=O) groups is 2. The Morgan fingerprint density at radius 2 is 2.07 bits per heavy atom. The number of methoxy groups -OCH3 is 1. The number of likely N-dealkylation sites (N-methyl/N-ethyl adjacent to an activating group) is 1. The summed E-state index contributed by atoms with van der Waals surface area (Å²) in [4.78, 5) is 29.2. The highest BCUT2D eigenvalue weighted by molar-refractivity contribution is 5.80. The summed E-state index contributed by atoms with van der Waals surface area (Å²) in [6.07, 6.45) is -1.53. The summed E-state index contributed by atoms with van der Waals surface area (Å²) in [6, 6.07) is 3.98. The normalized spacial score (nSPS) is 23.7. The summed E-state index contributed by atoms with van der Waals surface area (Å²) in [6.45, 7) is 2.68. The van der Waals surface area contributed by atoms with Crippen molar-refractivity contribution in [3.63, 3.8) is 0 Å². The number of carboxylic acids is 1. The molecule has 11 heteroatoms. The van der Waals surface area contributed by atoms with Gasteiger partial charge < -0.3 is 19.5 Å². The molecular weight excluding hydrogens is 407 g/mol.